The monoisotopic (exact) mass is 397 g/mol. The van der Waals surface area contributed by atoms with Crippen molar-refractivity contribution in [2.24, 2.45) is 0 Å². The van der Waals surface area contributed by atoms with Gasteiger partial charge < -0.3 is 15.3 Å². The summed E-state index contributed by atoms with van der Waals surface area (Å²) in [6.07, 6.45) is 1.99. The molecule has 1 amide bonds. The summed E-state index contributed by atoms with van der Waals surface area (Å²) in [5.41, 5.74) is 2.51. The molecule has 0 radical (unpaired) electrons. The maximum absolute atomic E-state index is 13.8. The normalized spacial score (nSPS) is 17.6. The second kappa shape index (κ2) is 7.79. The number of likely N-dealkylation sites (N-methyl/N-ethyl adjacent to an activating group) is 1. The van der Waals surface area contributed by atoms with E-state index in [0.29, 0.717) is 33.5 Å². The Bertz CT molecular complexity index is 1060. The van der Waals surface area contributed by atoms with Crippen LogP contribution in [0, 0.1) is 12.7 Å². The van der Waals surface area contributed by atoms with Crippen molar-refractivity contribution in [3.8, 4) is 17.0 Å². The van der Waals surface area contributed by atoms with Gasteiger partial charge in [-0.3, -0.25) is 9.89 Å². The molecule has 3 N–H and O–H groups in total. The topological polar surface area (TPSA) is 94.1 Å². The number of fused-ring (bicyclic) bond motifs is 1. The molecule has 8 heteroatoms. The van der Waals surface area contributed by atoms with E-state index in [4.69, 9.17) is 0 Å². The van der Waals surface area contributed by atoms with Crippen LogP contribution in [0.4, 0.5) is 4.39 Å². The molecule has 0 spiro atoms. The first kappa shape index (κ1) is 19.3. The molecule has 1 aliphatic rings. The number of nitrogens with one attached hydrogen (secondary N) is 2. The predicted molar refractivity (Wildman–Crippen MR) is 108 cm³/mol. The molecule has 0 saturated carbocycles. The molecule has 152 valence electrons. The van der Waals surface area contributed by atoms with E-state index in [1.165, 1.54) is 12.1 Å². The van der Waals surface area contributed by atoms with Crippen molar-refractivity contribution in [1.82, 2.24) is 25.4 Å². The van der Waals surface area contributed by atoms with Gasteiger partial charge in [-0.25, -0.2) is 9.37 Å². The lowest BCUT2D eigenvalue weighted by Gasteiger charge is -2.32. The number of nitrogens with zero attached hydrogens (tertiary/aromatic N) is 3. The maximum Gasteiger partial charge on any atom is 0.252 e. The van der Waals surface area contributed by atoms with Gasteiger partial charge in [0.25, 0.3) is 5.91 Å². The highest BCUT2D eigenvalue weighted by atomic mass is 19.1. The summed E-state index contributed by atoms with van der Waals surface area (Å²) in [5.74, 6) is -1.36. The predicted octanol–water partition coefficient (Wildman–Crippen LogP) is 2.99. The summed E-state index contributed by atoms with van der Waals surface area (Å²) in [6.45, 7) is 6.78. The number of amides is 1. The maximum atomic E-state index is 13.8. The number of aromatic hydroxyl groups is 1. The highest BCUT2D eigenvalue weighted by Gasteiger charge is 2.24. The Labute approximate surface area is 167 Å². The number of aryl methyl sites for hydroxylation is 1. The minimum atomic E-state index is -0.738. The van der Waals surface area contributed by atoms with E-state index in [0.717, 1.165) is 32.5 Å². The van der Waals surface area contributed by atoms with Crippen molar-refractivity contribution in [3.63, 3.8) is 0 Å². The van der Waals surface area contributed by atoms with Gasteiger partial charge in [0.15, 0.2) is 17.2 Å². The number of likely N-dealkylation sites (tertiary alicyclic amines) is 1. The van der Waals surface area contributed by atoms with Gasteiger partial charge in [0.1, 0.15) is 0 Å². The minimum absolute atomic E-state index is 0.0844. The fourth-order valence-electron chi connectivity index (χ4n) is 3.90. The third kappa shape index (κ3) is 3.80. The number of hydrogen-bond donors (Lipinski definition) is 3. The molecule has 29 heavy (non-hydrogen) atoms. The number of carbonyl (C=O) groups is 1. The number of carbonyl (C=O) groups excluding carboxylic acids is 1. The van der Waals surface area contributed by atoms with Gasteiger partial charge in [-0.15, -0.1) is 0 Å². The Hall–Kier alpha value is -3.00. The van der Waals surface area contributed by atoms with Crippen LogP contribution in [0.1, 0.15) is 35.8 Å². The van der Waals surface area contributed by atoms with E-state index in [1.807, 2.05) is 6.92 Å². The quantitative estimate of drug-likeness (QED) is 0.629. The van der Waals surface area contributed by atoms with Crippen LogP contribution in [0.25, 0.3) is 22.3 Å². The van der Waals surface area contributed by atoms with Crippen LogP contribution in [0.3, 0.4) is 0 Å². The SMILES string of the molecule is CCN1CCCC(NC(=O)c2cc(-c3ccc(O)c(F)c3)nc3[nH]nc(C)c23)C1. The first-order valence-electron chi connectivity index (χ1n) is 9.84. The van der Waals surface area contributed by atoms with Gasteiger partial charge in [0.2, 0.25) is 0 Å². The molecule has 7 nitrogen and oxygen atoms in total. The lowest BCUT2D eigenvalue weighted by molar-refractivity contribution is 0.0907. The van der Waals surface area contributed by atoms with Gasteiger partial charge in [0, 0.05) is 18.2 Å². The number of piperidine rings is 1. The molecule has 4 rings (SSSR count). The van der Waals surface area contributed by atoms with Crippen LogP contribution in [0.5, 0.6) is 5.75 Å². The average Bonchev–Trinajstić information content (AvgIpc) is 3.10. The summed E-state index contributed by atoms with van der Waals surface area (Å²) in [6, 6.07) is 5.79. The van der Waals surface area contributed by atoms with Crippen molar-refractivity contribution in [3.05, 3.63) is 41.3 Å². The number of benzene rings is 1. The molecular weight excluding hydrogens is 373 g/mol. The number of rotatable bonds is 4. The average molecular weight is 397 g/mol. The Morgan fingerprint density at radius 1 is 1.41 bits per heavy atom. The summed E-state index contributed by atoms with van der Waals surface area (Å²) in [7, 11) is 0. The van der Waals surface area contributed by atoms with E-state index in [9.17, 15) is 14.3 Å². The summed E-state index contributed by atoms with van der Waals surface area (Å²) >= 11 is 0. The standard InChI is InChI=1S/C21H24FN5O2/c1-3-27-8-4-5-14(11-27)23-21(29)15-10-17(13-6-7-18(28)16(22)9-13)24-20-19(15)12(2)25-26-20/h6-7,9-10,14,28H,3-5,8,11H2,1-2H3,(H,23,29)(H,24,25,26). The fraction of sp³-hybridized carbons (Fsp3) is 0.381. The van der Waals surface area contributed by atoms with E-state index >= 15 is 0 Å². The fourth-order valence-corrected chi connectivity index (χ4v) is 3.90. The Balaban J connectivity index is 1.71. The van der Waals surface area contributed by atoms with E-state index in [2.05, 4.69) is 32.3 Å². The third-order valence-electron chi connectivity index (χ3n) is 5.49. The number of aromatic nitrogens is 3. The smallest absolute Gasteiger partial charge is 0.252 e. The molecule has 1 aliphatic heterocycles. The van der Waals surface area contributed by atoms with Crippen molar-refractivity contribution in [1.29, 1.82) is 0 Å². The van der Waals surface area contributed by atoms with Crippen LogP contribution in [-0.4, -0.2) is 56.8 Å². The zero-order valence-electron chi connectivity index (χ0n) is 16.5. The van der Waals surface area contributed by atoms with E-state index in [-0.39, 0.29) is 11.9 Å². The molecule has 3 aromatic rings. The summed E-state index contributed by atoms with van der Waals surface area (Å²) < 4.78 is 13.8. The molecular formula is C21H24FN5O2. The van der Waals surface area contributed by atoms with Crippen LogP contribution in [0.2, 0.25) is 0 Å². The van der Waals surface area contributed by atoms with Crippen LogP contribution < -0.4 is 5.32 Å². The second-order valence-corrected chi connectivity index (χ2v) is 7.46. The van der Waals surface area contributed by atoms with Crippen molar-refractivity contribution in [2.75, 3.05) is 19.6 Å². The number of H-pyrrole nitrogens is 1. The Kier molecular flexibility index (Phi) is 5.19. The lowest BCUT2D eigenvalue weighted by atomic mass is 10.0. The summed E-state index contributed by atoms with van der Waals surface area (Å²) in [4.78, 5) is 20.0. The highest BCUT2D eigenvalue weighted by Crippen LogP contribution is 2.28. The lowest BCUT2D eigenvalue weighted by Crippen LogP contribution is -2.47. The molecule has 1 saturated heterocycles. The van der Waals surface area contributed by atoms with Crippen LogP contribution in [0.15, 0.2) is 24.3 Å². The van der Waals surface area contributed by atoms with Crippen LogP contribution in [-0.2, 0) is 0 Å². The highest BCUT2D eigenvalue weighted by molar-refractivity contribution is 6.07. The summed E-state index contributed by atoms with van der Waals surface area (Å²) in [5, 5.41) is 20.3. The third-order valence-corrected chi connectivity index (χ3v) is 5.49. The van der Waals surface area contributed by atoms with Gasteiger partial charge in [-0.2, -0.15) is 5.10 Å². The van der Waals surface area contributed by atoms with Crippen molar-refractivity contribution < 1.29 is 14.3 Å². The van der Waals surface area contributed by atoms with E-state index < -0.39 is 11.6 Å². The number of aromatic amines is 1. The van der Waals surface area contributed by atoms with Crippen LogP contribution >= 0.6 is 0 Å². The molecule has 0 bridgehead atoms. The Morgan fingerprint density at radius 3 is 3.00 bits per heavy atom. The zero-order chi connectivity index (χ0) is 20.5. The van der Waals surface area contributed by atoms with Gasteiger partial charge >= 0.3 is 0 Å². The molecule has 1 atom stereocenters. The molecule has 0 aliphatic carbocycles. The molecule has 3 heterocycles. The first-order valence-corrected chi connectivity index (χ1v) is 9.84. The van der Waals surface area contributed by atoms with Gasteiger partial charge in [0.05, 0.1) is 22.3 Å². The van der Waals surface area contributed by atoms with Crippen molar-refractivity contribution >= 4 is 16.9 Å². The number of phenolic OH excluding ortho intramolecular Hbond substituents is 1. The number of halogens is 1. The van der Waals surface area contributed by atoms with Gasteiger partial charge in [-0.1, -0.05) is 6.92 Å². The molecule has 1 fully saturated rings. The van der Waals surface area contributed by atoms with Crippen molar-refractivity contribution in [2.45, 2.75) is 32.7 Å². The number of hydrogen-bond acceptors (Lipinski definition) is 5. The number of phenols is 1. The molecule has 1 aromatic carbocycles. The Morgan fingerprint density at radius 2 is 2.24 bits per heavy atom. The minimum Gasteiger partial charge on any atom is -0.505 e. The second-order valence-electron chi connectivity index (χ2n) is 7.46. The van der Waals surface area contributed by atoms with Gasteiger partial charge in [-0.05, 0) is 57.1 Å². The van der Waals surface area contributed by atoms with E-state index in [1.54, 1.807) is 12.1 Å². The number of pyridine rings is 1. The molecule has 1 unspecified atom stereocenters. The first-order chi connectivity index (χ1) is 14.0. The zero-order valence-corrected chi connectivity index (χ0v) is 16.5. The molecule has 2 aromatic heterocycles. The largest absolute Gasteiger partial charge is 0.505 e.